The van der Waals surface area contributed by atoms with E-state index in [1.807, 2.05) is 12.1 Å². The van der Waals surface area contributed by atoms with Crippen molar-refractivity contribution in [3.8, 4) is 0 Å². The molecule has 0 bridgehead atoms. The standard InChI is InChI=1S/C12H14N2O4/c1-13(11(15)16)6-5-8-3-4-10-9(7-8)14(2)12(17)18-10/h3-4,7H,5-6H2,1-2H3,(H,15,16). The first-order chi connectivity index (χ1) is 8.49. The maximum Gasteiger partial charge on any atom is 0.419 e. The Labute approximate surface area is 103 Å². The SMILES string of the molecule is CN(CCc1ccc2oc(=O)n(C)c2c1)C(=O)O. The molecule has 0 saturated heterocycles. The Morgan fingerprint density at radius 1 is 1.50 bits per heavy atom. The van der Waals surface area contributed by atoms with E-state index in [0.29, 0.717) is 18.5 Å². The fraction of sp³-hybridized carbons (Fsp3) is 0.333. The van der Waals surface area contributed by atoms with Gasteiger partial charge in [-0.15, -0.1) is 0 Å². The van der Waals surface area contributed by atoms with Crippen molar-refractivity contribution in [3.05, 3.63) is 34.3 Å². The third-order valence-corrected chi connectivity index (χ3v) is 2.92. The van der Waals surface area contributed by atoms with Crippen molar-refractivity contribution in [2.45, 2.75) is 6.42 Å². The summed E-state index contributed by atoms with van der Waals surface area (Å²) in [6.07, 6.45) is -0.357. The third kappa shape index (κ3) is 2.22. The number of benzene rings is 1. The molecule has 0 radical (unpaired) electrons. The number of carbonyl (C=O) groups is 1. The summed E-state index contributed by atoms with van der Waals surface area (Å²) >= 11 is 0. The van der Waals surface area contributed by atoms with Gasteiger partial charge in [-0.1, -0.05) is 6.07 Å². The van der Waals surface area contributed by atoms with Crippen molar-refractivity contribution in [2.75, 3.05) is 13.6 Å². The van der Waals surface area contributed by atoms with Crippen LogP contribution in [0.2, 0.25) is 0 Å². The maximum atomic E-state index is 11.3. The van der Waals surface area contributed by atoms with Gasteiger partial charge in [0, 0.05) is 20.6 Å². The molecule has 6 nitrogen and oxygen atoms in total. The molecule has 0 fully saturated rings. The fourth-order valence-corrected chi connectivity index (χ4v) is 1.72. The van der Waals surface area contributed by atoms with Crippen LogP contribution in [0, 0.1) is 0 Å². The molecule has 0 aliphatic carbocycles. The molecule has 0 spiro atoms. The summed E-state index contributed by atoms with van der Waals surface area (Å²) in [6, 6.07) is 5.41. The van der Waals surface area contributed by atoms with Crippen molar-refractivity contribution in [1.82, 2.24) is 9.47 Å². The lowest BCUT2D eigenvalue weighted by Gasteiger charge is -2.12. The van der Waals surface area contributed by atoms with E-state index >= 15 is 0 Å². The van der Waals surface area contributed by atoms with Crippen molar-refractivity contribution >= 4 is 17.2 Å². The molecular formula is C12H14N2O4. The molecular weight excluding hydrogens is 236 g/mol. The van der Waals surface area contributed by atoms with Crippen LogP contribution < -0.4 is 5.76 Å². The minimum absolute atomic E-state index is 0.398. The Hall–Kier alpha value is -2.24. The number of aryl methyl sites for hydroxylation is 1. The lowest BCUT2D eigenvalue weighted by molar-refractivity contribution is 0.156. The van der Waals surface area contributed by atoms with Crippen molar-refractivity contribution in [3.63, 3.8) is 0 Å². The van der Waals surface area contributed by atoms with Gasteiger partial charge in [-0.2, -0.15) is 0 Å². The van der Waals surface area contributed by atoms with E-state index in [-0.39, 0.29) is 0 Å². The van der Waals surface area contributed by atoms with Crippen LogP contribution >= 0.6 is 0 Å². The van der Waals surface area contributed by atoms with Gasteiger partial charge in [0.05, 0.1) is 5.52 Å². The minimum Gasteiger partial charge on any atom is -0.465 e. The second-order valence-corrected chi connectivity index (χ2v) is 4.18. The largest absolute Gasteiger partial charge is 0.465 e. The summed E-state index contributed by atoms with van der Waals surface area (Å²) in [5, 5.41) is 8.74. The molecule has 1 aromatic heterocycles. The zero-order chi connectivity index (χ0) is 13.3. The third-order valence-electron chi connectivity index (χ3n) is 2.92. The lowest BCUT2D eigenvalue weighted by atomic mass is 10.1. The zero-order valence-corrected chi connectivity index (χ0v) is 10.2. The van der Waals surface area contributed by atoms with Crippen molar-refractivity contribution in [1.29, 1.82) is 0 Å². The van der Waals surface area contributed by atoms with Gasteiger partial charge in [0.25, 0.3) is 0 Å². The molecule has 18 heavy (non-hydrogen) atoms. The van der Waals surface area contributed by atoms with Crippen molar-refractivity contribution < 1.29 is 14.3 Å². The Morgan fingerprint density at radius 2 is 2.22 bits per heavy atom. The molecule has 1 amide bonds. The van der Waals surface area contributed by atoms with E-state index in [1.54, 1.807) is 13.1 Å². The van der Waals surface area contributed by atoms with E-state index in [9.17, 15) is 9.59 Å². The molecule has 0 unspecified atom stereocenters. The summed E-state index contributed by atoms with van der Waals surface area (Å²) in [6.45, 7) is 0.409. The number of hydrogen-bond acceptors (Lipinski definition) is 3. The number of fused-ring (bicyclic) bond motifs is 1. The molecule has 96 valence electrons. The Bertz CT molecular complexity index is 641. The molecule has 0 aliphatic heterocycles. The first-order valence-corrected chi connectivity index (χ1v) is 5.51. The number of carboxylic acid groups (broad SMARTS) is 1. The van der Waals surface area contributed by atoms with Crippen LogP contribution in [-0.4, -0.2) is 34.3 Å². The zero-order valence-electron chi connectivity index (χ0n) is 10.2. The van der Waals surface area contributed by atoms with Crippen LogP contribution in [0.3, 0.4) is 0 Å². The highest BCUT2D eigenvalue weighted by Gasteiger charge is 2.08. The number of oxazole rings is 1. The second kappa shape index (κ2) is 4.56. The molecule has 1 heterocycles. The van der Waals surface area contributed by atoms with Crippen LogP contribution in [0.15, 0.2) is 27.4 Å². The summed E-state index contributed by atoms with van der Waals surface area (Å²) in [5.41, 5.74) is 2.22. The molecule has 2 rings (SSSR count). The molecule has 0 atom stereocenters. The Balaban J connectivity index is 2.22. The van der Waals surface area contributed by atoms with Gasteiger partial charge in [0.2, 0.25) is 0 Å². The summed E-state index contributed by atoms with van der Waals surface area (Å²) < 4.78 is 6.45. The van der Waals surface area contributed by atoms with Crippen LogP contribution in [0.1, 0.15) is 5.56 Å². The van der Waals surface area contributed by atoms with Gasteiger partial charge >= 0.3 is 11.8 Å². The second-order valence-electron chi connectivity index (χ2n) is 4.18. The monoisotopic (exact) mass is 250 g/mol. The van der Waals surface area contributed by atoms with E-state index < -0.39 is 11.8 Å². The number of rotatable bonds is 3. The van der Waals surface area contributed by atoms with Crippen LogP contribution in [0.5, 0.6) is 0 Å². The normalized spacial score (nSPS) is 10.8. The summed E-state index contributed by atoms with van der Waals surface area (Å²) in [7, 11) is 3.16. The van der Waals surface area contributed by atoms with E-state index in [0.717, 1.165) is 11.1 Å². The van der Waals surface area contributed by atoms with Gasteiger partial charge in [0.1, 0.15) is 0 Å². The predicted molar refractivity (Wildman–Crippen MR) is 65.8 cm³/mol. The van der Waals surface area contributed by atoms with Crippen LogP contribution in [0.4, 0.5) is 4.79 Å². The van der Waals surface area contributed by atoms with Gasteiger partial charge in [0.15, 0.2) is 5.58 Å². The lowest BCUT2D eigenvalue weighted by Crippen LogP contribution is -2.26. The Kier molecular flexibility index (Phi) is 3.10. The molecule has 0 saturated carbocycles. The van der Waals surface area contributed by atoms with E-state index in [1.165, 1.54) is 16.5 Å². The Morgan fingerprint density at radius 3 is 2.89 bits per heavy atom. The van der Waals surface area contributed by atoms with Gasteiger partial charge in [-0.25, -0.2) is 9.59 Å². The van der Waals surface area contributed by atoms with E-state index in [4.69, 9.17) is 9.52 Å². The predicted octanol–water partition coefficient (Wildman–Crippen LogP) is 1.28. The van der Waals surface area contributed by atoms with Crippen molar-refractivity contribution in [2.24, 2.45) is 7.05 Å². The van der Waals surface area contributed by atoms with Gasteiger partial charge in [-0.05, 0) is 24.1 Å². The average Bonchev–Trinajstić information content (AvgIpc) is 2.62. The molecule has 6 heteroatoms. The number of aromatic nitrogens is 1. The van der Waals surface area contributed by atoms with Gasteiger partial charge < -0.3 is 14.4 Å². The first-order valence-electron chi connectivity index (χ1n) is 5.51. The summed E-state index contributed by atoms with van der Waals surface area (Å²) in [5.74, 6) is -0.398. The van der Waals surface area contributed by atoms with Gasteiger partial charge in [-0.3, -0.25) is 4.57 Å². The first kappa shape index (κ1) is 12.2. The van der Waals surface area contributed by atoms with Crippen LogP contribution in [0.25, 0.3) is 11.1 Å². The van der Waals surface area contributed by atoms with E-state index in [2.05, 4.69) is 0 Å². The number of nitrogens with zero attached hydrogens (tertiary/aromatic N) is 2. The highest BCUT2D eigenvalue weighted by atomic mass is 16.4. The van der Waals surface area contributed by atoms with Crippen LogP contribution in [-0.2, 0) is 13.5 Å². The molecule has 1 N–H and O–H groups in total. The fourth-order valence-electron chi connectivity index (χ4n) is 1.72. The molecule has 1 aromatic carbocycles. The maximum absolute atomic E-state index is 11.3. The highest BCUT2D eigenvalue weighted by Crippen LogP contribution is 2.14. The topological polar surface area (TPSA) is 75.7 Å². The smallest absolute Gasteiger partial charge is 0.419 e. The number of hydrogen-bond donors (Lipinski definition) is 1. The summed E-state index contributed by atoms with van der Waals surface area (Å²) in [4.78, 5) is 23.2. The minimum atomic E-state index is -0.952. The molecule has 2 aromatic rings. The quantitative estimate of drug-likeness (QED) is 0.890. The highest BCUT2D eigenvalue weighted by molar-refractivity contribution is 5.73. The number of likely N-dealkylation sites (N-methyl/N-ethyl adjacent to an activating group) is 1. The molecule has 0 aliphatic rings. The number of amides is 1. The average molecular weight is 250 g/mol.